The average molecular weight is 463 g/mol. The Morgan fingerprint density at radius 3 is 2.59 bits per heavy atom. The lowest BCUT2D eigenvalue weighted by molar-refractivity contribution is -0.123. The number of fused-ring (bicyclic) bond motifs is 1. The number of hydrogen-bond acceptors (Lipinski definition) is 8. The summed E-state index contributed by atoms with van der Waals surface area (Å²) in [4.78, 5) is 34.3. The number of pyridine rings is 1. The van der Waals surface area contributed by atoms with Crippen molar-refractivity contribution in [3.8, 4) is 0 Å². The Balaban J connectivity index is 1.24. The van der Waals surface area contributed by atoms with Gasteiger partial charge in [-0.2, -0.15) is 4.98 Å². The molecular weight excluding hydrogens is 428 g/mol. The highest BCUT2D eigenvalue weighted by Gasteiger charge is 2.55. The highest BCUT2D eigenvalue weighted by atomic mass is 16.2. The number of amides is 1. The van der Waals surface area contributed by atoms with Crippen molar-refractivity contribution in [3.63, 3.8) is 0 Å². The van der Waals surface area contributed by atoms with Crippen LogP contribution >= 0.6 is 0 Å². The van der Waals surface area contributed by atoms with Crippen LogP contribution in [0.4, 0.5) is 23.3 Å². The summed E-state index contributed by atoms with van der Waals surface area (Å²) in [6, 6.07) is 4.47. The first-order valence-corrected chi connectivity index (χ1v) is 12.7. The number of anilines is 4. The molecule has 1 amide bonds. The van der Waals surface area contributed by atoms with Gasteiger partial charge in [0.1, 0.15) is 17.2 Å². The van der Waals surface area contributed by atoms with Crippen LogP contribution in [0.25, 0.3) is 0 Å². The molecule has 2 aromatic heterocycles. The highest BCUT2D eigenvalue weighted by molar-refractivity contribution is 5.94. The number of nitrogens with zero attached hydrogens (tertiary/aromatic N) is 6. The van der Waals surface area contributed by atoms with Crippen LogP contribution in [0.1, 0.15) is 44.1 Å². The van der Waals surface area contributed by atoms with E-state index in [4.69, 9.17) is 4.98 Å². The van der Waals surface area contributed by atoms with Gasteiger partial charge in [-0.05, 0) is 38.4 Å². The standard InChI is InChI=1S/C25H34N8O/c1-31-11-13-32(14-12-31)20-7-8-21(27-17-20)29-24-28-16-18-15-25(9-10-26-23(25)34)33(22(18)30-24)19-5-3-2-4-6-19/h7-8,16-17,19H,2-6,9-15H2,1H3,(H,26,34)(H,27,28,29,30). The van der Waals surface area contributed by atoms with Crippen LogP contribution < -0.4 is 20.4 Å². The van der Waals surface area contributed by atoms with E-state index in [1.54, 1.807) is 0 Å². The molecule has 1 aliphatic carbocycles. The van der Waals surface area contributed by atoms with Gasteiger partial charge >= 0.3 is 0 Å². The van der Waals surface area contributed by atoms with E-state index < -0.39 is 5.54 Å². The van der Waals surface area contributed by atoms with Crippen molar-refractivity contribution in [3.05, 3.63) is 30.1 Å². The third kappa shape index (κ3) is 3.76. The third-order valence-electron chi connectivity index (χ3n) is 8.06. The van der Waals surface area contributed by atoms with Crippen LogP contribution in [0.5, 0.6) is 0 Å². The minimum atomic E-state index is -0.500. The molecule has 1 spiro atoms. The van der Waals surface area contributed by atoms with E-state index in [1.807, 2.05) is 18.5 Å². The number of carbonyl (C=O) groups is 1. The van der Waals surface area contributed by atoms with Crippen molar-refractivity contribution in [1.82, 2.24) is 25.2 Å². The second-order valence-electron chi connectivity index (χ2n) is 10.2. The van der Waals surface area contributed by atoms with E-state index in [0.717, 1.165) is 74.9 Å². The van der Waals surface area contributed by atoms with E-state index in [-0.39, 0.29) is 5.91 Å². The molecule has 3 aliphatic heterocycles. The maximum absolute atomic E-state index is 13.0. The molecule has 3 fully saturated rings. The van der Waals surface area contributed by atoms with Gasteiger partial charge in [-0.3, -0.25) is 4.79 Å². The first-order chi connectivity index (χ1) is 16.6. The summed E-state index contributed by atoms with van der Waals surface area (Å²) >= 11 is 0. The first kappa shape index (κ1) is 21.6. The topological polar surface area (TPSA) is 89.5 Å². The van der Waals surface area contributed by atoms with Gasteiger partial charge in [-0.1, -0.05) is 19.3 Å². The second-order valence-corrected chi connectivity index (χ2v) is 10.2. The monoisotopic (exact) mass is 462 g/mol. The Hall–Kier alpha value is -2.94. The van der Waals surface area contributed by atoms with Crippen LogP contribution in [-0.2, 0) is 11.2 Å². The Labute approximate surface area is 201 Å². The predicted molar refractivity (Wildman–Crippen MR) is 133 cm³/mol. The van der Waals surface area contributed by atoms with Crippen molar-refractivity contribution >= 4 is 29.2 Å². The summed E-state index contributed by atoms with van der Waals surface area (Å²) in [7, 11) is 2.16. The zero-order chi connectivity index (χ0) is 23.1. The average Bonchev–Trinajstić information content (AvgIpc) is 3.39. The van der Waals surface area contributed by atoms with Crippen molar-refractivity contribution in [2.45, 2.75) is 56.5 Å². The first-order valence-electron chi connectivity index (χ1n) is 12.7. The van der Waals surface area contributed by atoms with E-state index in [9.17, 15) is 4.79 Å². The maximum Gasteiger partial charge on any atom is 0.246 e. The van der Waals surface area contributed by atoms with Gasteiger partial charge in [0.15, 0.2) is 0 Å². The number of hydrogen-bond donors (Lipinski definition) is 2. The van der Waals surface area contributed by atoms with Gasteiger partial charge in [0.05, 0.1) is 11.9 Å². The van der Waals surface area contributed by atoms with Gasteiger partial charge in [0.25, 0.3) is 0 Å². The molecule has 9 heteroatoms. The number of carbonyl (C=O) groups excluding carboxylic acids is 1. The summed E-state index contributed by atoms with van der Waals surface area (Å²) in [5.74, 6) is 2.34. The van der Waals surface area contributed by atoms with Crippen LogP contribution in [-0.4, -0.2) is 77.1 Å². The van der Waals surface area contributed by atoms with Crippen molar-refractivity contribution in [2.24, 2.45) is 0 Å². The largest absolute Gasteiger partial charge is 0.368 e. The molecule has 1 unspecified atom stereocenters. The van der Waals surface area contributed by atoms with Crippen LogP contribution in [0.15, 0.2) is 24.5 Å². The maximum atomic E-state index is 13.0. The fourth-order valence-corrected chi connectivity index (χ4v) is 6.14. The lowest BCUT2D eigenvalue weighted by Crippen LogP contribution is -2.57. The third-order valence-corrected chi connectivity index (χ3v) is 8.06. The number of likely N-dealkylation sites (N-methyl/N-ethyl adjacent to an activating group) is 1. The predicted octanol–water partition coefficient (Wildman–Crippen LogP) is 2.32. The molecule has 4 aliphatic rings. The van der Waals surface area contributed by atoms with Crippen LogP contribution in [0, 0.1) is 0 Å². The van der Waals surface area contributed by atoms with Gasteiger partial charge in [0, 0.05) is 56.9 Å². The highest BCUT2D eigenvalue weighted by Crippen LogP contribution is 2.45. The van der Waals surface area contributed by atoms with Gasteiger partial charge in [-0.25, -0.2) is 9.97 Å². The fraction of sp³-hybridized carbons (Fsp3) is 0.600. The van der Waals surface area contributed by atoms with Crippen molar-refractivity contribution in [2.75, 3.05) is 54.9 Å². The smallest absolute Gasteiger partial charge is 0.246 e. The zero-order valence-electron chi connectivity index (χ0n) is 20.0. The number of nitrogens with one attached hydrogen (secondary N) is 2. The van der Waals surface area contributed by atoms with Gasteiger partial charge in [-0.15, -0.1) is 0 Å². The Bertz CT molecular complexity index is 1050. The fourth-order valence-electron chi connectivity index (χ4n) is 6.14. The molecule has 0 bridgehead atoms. The quantitative estimate of drug-likeness (QED) is 0.716. The molecule has 6 rings (SSSR count). The Morgan fingerprint density at radius 2 is 1.88 bits per heavy atom. The molecule has 0 aromatic carbocycles. The zero-order valence-corrected chi connectivity index (χ0v) is 20.0. The van der Waals surface area contributed by atoms with Crippen molar-refractivity contribution in [1.29, 1.82) is 0 Å². The Kier molecular flexibility index (Phi) is 5.51. The molecule has 2 N–H and O–H groups in total. The SMILES string of the molecule is CN1CCN(c2ccc(Nc3ncc4c(n3)N(C3CCCCC3)C3(CCNC3=O)C4)nc2)CC1. The molecule has 180 valence electrons. The summed E-state index contributed by atoms with van der Waals surface area (Å²) in [6.07, 6.45) is 11.3. The molecule has 2 aromatic rings. The Morgan fingerprint density at radius 1 is 1.06 bits per heavy atom. The molecular formula is C25H34N8O. The molecule has 2 saturated heterocycles. The minimum Gasteiger partial charge on any atom is -0.368 e. The van der Waals surface area contributed by atoms with E-state index in [0.29, 0.717) is 18.4 Å². The summed E-state index contributed by atoms with van der Waals surface area (Å²) in [5, 5.41) is 6.38. The van der Waals surface area contributed by atoms with Gasteiger partial charge in [0.2, 0.25) is 11.9 Å². The normalized spacial score (nSPS) is 25.6. The number of piperazine rings is 1. The number of rotatable bonds is 4. The second kappa shape index (κ2) is 8.69. The summed E-state index contributed by atoms with van der Waals surface area (Å²) < 4.78 is 0. The van der Waals surface area contributed by atoms with E-state index >= 15 is 0 Å². The lowest BCUT2D eigenvalue weighted by atomic mass is 9.87. The summed E-state index contributed by atoms with van der Waals surface area (Å²) in [6.45, 7) is 4.91. The molecule has 34 heavy (non-hydrogen) atoms. The molecule has 1 atom stereocenters. The molecule has 5 heterocycles. The molecule has 9 nitrogen and oxygen atoms in total. The lowest BCUT2D eigenvalue weighted by Gasteiger charge is -2.42. The van der Waals surface area contributed by atoms with Crippen LogP contribution in [0.3, 0.4) is 0 Å². The van der Waals surface area contributed by atoms with Crippen LogP contribution in [0.2, 0.25) is 0 Å². The molecule has 1 saturated carbocycles. The summed E-state index contributed by atoms with van der Waals surface area (Å²) in [5.41, 5.74) is 1.72. The minimum absolute atomic E-state index is 0.145. The number of aromatic nitrogens is 3. The molecule has 0 radical (unpaired) electrons. The van der Waals surface area contributed by atoms with E-state index in [2.05, 4.69) is 48.4 Å². The van der Waals surface area contributed by atoms with Crippen molar-refractivity contribution < 1.29 is 4.79 Å². The van der Waals surface area contributed by atoms with Gasteiger partial charge < -0.3 is 25.3 Å². The van der Waals surface area contributed by atoms with E-state index in [1.165, 1.54) is 19.3 Å².